The van der Waals surface area contributed by atoms with Gasteiger partial charge in [-0.2, -0.15) is 0 Å². The minimum absolute atomic E-state index is 0.182. The van der Waals surface area contributed by atoms with Crippen LogP contribution in [0.15, 0.2) is 24.3 Å². The summed E-state index contributed by atoms with van der Waals surface area (Å²) in [4.78, 5) is 0. The van der Waals surface area contributed by atoms with Crippen molar-refractivity contribution in [1.29, 1.82) is 0 Å². The van der Waals surface area contributed by atoms with E-state index in [1.807, 2.05) is 0 Å². The van der Waals surface area contributed by atoms with E-state index in [4.69, 9.17) is 9.47 Å². The molecule has 4 saturated carbocycles. The minimum atomic E-state index is -0.182. The highest BCUT2D eigenvalue weighted by Crippen LogP contribution is 2.60. The van der Waals surface area contributed by atoms with Crippen LogP contribution in [0.3, 0.4) is 0 Å². The van der Waals surface area contributed by atoms with E-state index in [1.165, 1.54) is 56.9 Å². The van der Waals surface area contributed by atoms with E-state index in [1.54, 1.807) is 0 Å². The van der Waals surface area contributed by atoms with Gasteiger partial charge >= 0.3 is 0 Å². The second-order valence-electron chi connectivity index (χ2n) is 12.7. The van der Waals surface area contributed by atoms with Crippen molar-refractivity contribution in [2.45, 2.75) is 105 Å². The third-order valence-electron chi connectivity index (χ3n) is 8.56. The maximum absolute atomic E-state index is 6.31. The third kappa shape index (κ3) is 5.67. The Kier molecular flexibility index (Phi) is 6.78. The molecular weight excluding hydrogens is 380 g/mol. The van der Waals surface area contributed by atoms with Crippen LogP contribution in [0.1, 0.15) is 104 Å². The molecule has 1 aromatic carbocycles. The Labute approximate surface area is 191 Å². The first kappa shape index (κ1) is 23.1. The normalized spacial score (nSPS) is 32.6. The van der Waals surface area contributed by atoms with Crippen molar-refractivity contribution in [1.82, 2.24) is 0 Å². The van der Waals surface area contributed by atoms with Crippen molar-refractivity contribution in [2.75, 3.05) is 6.61 Å². The van der Waals surface area contributed by atoms with Gasteiger partial charge in [-0.3, -0.25) is 0 Å². The van der Waals surface area contributed by atoms with Crippen LogP contribution < -0.4 is 4.74 Å². The SMILES string of the molecule is CCC(C)C(CC(C)(C)C)c1ccc(OC(C)OCC23CC4CC(CC(C4)C2)C3)cc1. The molecule has 31 heavy (non-hydrogen) atoms. The monoisotopic (exact) mass is 426 g/mol. The molecule has 0 saturated heterocycles. The maximum Gasteiger partial charge on any atom is 0.196 e. The summed E-state index contributed by atoms with van der Waals surface area (Å²) in [7, 11) is 0. The Balaban J connectivity index is 1.32. The van der Waals surface area contributed by atoms with Crippen molar-refractivity contribution in [3.63, 3.8) is 0 Å². The number of rotatable bonds is 9. The van der Waals surface area contributed by atoms with Gasteiger partial charge in [0, 0.05) is 0 Å². The fourth-order valence-electron chi connectivity index (χ4n) is 7.37. The first-order valence-corrected chi connectivity index (χ1v) is 13.0. The Morgan fingerprint density at radius 1 is 0.935 bits per heavy atom. The highest BCUT2D eigenvalue weighted by molar-refractivity contribution is 5.30. The van der Waals surface area contributed by atoms with Crippen molar-refractivity contribution in [3.8, 4) is 5.75 Å². The van der Waals surface area contributed by atoms with Gasteiger partial charge in [-0.25, -0.2) is 0 Å². The van der Waals surface area contributed by atoms with Gasteiger partial charge in [0.1, 0.15) is 5.75 Å². The molecule has 5 rings (SSSR count). The molecular formula is C29H46O2. The van der Waals surface area contributed by atoms with E-state index < -0.39 is 0 Å². The standard InChI is InChI=1S/C29H46O2/c1-7-20(2)27(18-28(4,5)6)25-8-10-26(11-9-25)31-21(3)30-19-29-15-22-12-23(16-29)14-24(13-22)17-29/h8-11,20-24,27H,7,12-19H2,1-6H3. The van der Waals surface area contributed by atoms with Crippen molar-refractivity contribution < 1.29 is 9.47 Å². The lowest BCUT2D eigenvalue weighted by atomic mass is 9.50. The van der Waals surface area contributed by atoms with Crippen molar-refractivity contribution >= 4 is 0 Å². The van der Waals surface area contributed by atoms with E-state index in [0.717, 1.165) is 30.1 Å². The molecule has 3 atom stereocenters. The number of ether oxygens (including phenoxy) is 2. The number of hydrogen-bond acceptors (Lipinski definition) is 2. The van der Waals surface area contributed by atoms with E-state index >= 15 is 0 Å². The topological polar surface area (TPSA) is 18.5 Å². The van der Waals surface area contributed by atoms with Gasteiger partial charge in [-0.15, -0.1) is 0 Å². The molecule has 4 fully saturated rings. The second kappa shape index (κ2) is 9.08. The maximum atomic E-state index is 6.31. The van der Waals surface area contributed by atoms with Crippen LogP contribution >= 0.6 is 0 Å². The van der Waals surface area contributed by atoms with Gasteiger partial charge in [-0.05, 0) is 110 Å². The zero-order valence-electron chi connectivity index (χ0n) is 21.0. The van der Waals surface area contributed by atoms with E-state index in [9.17, 15) is 0 Å². The molecule has 0 aliphatic heterocycles. The highest BCUT2D eigenvalue weighted by Gasteiger charge is 2.51. The predicted octanol–water partition coefficient (Wildman–Crippen LogP) is 8.21. The molecule has 1 aromatic rings. The molecule has 4 aliphatic rings. The lowest BCUT2D eigenvalue weighted by Crippen LogP contribution is -2.48. The van der Waals surface area contributed by atoms with Gasteiger partial charge in [0.25, 0.3) is 0 Å². The molecule has 2 nitrogen and oxygen atoms in total. The molecule has 174 valence electrons. The molecule has 2 heteroatoms. The Morgan fingerprint density at radius 3 is 1.97 bits per heavy atom. The number of hydrogen-bond donors (Lipinski definition) is 0. The van der Waals surface area contributed by atoms with Gasteiger partial charge in [-0.1, -0.05) is 53.2 Å². The summed E-state index contributed by atoms with van der Waals surface area (Å²) in [5.41, 5.74) is 2.23. The van der Waals surface area contributed by atoms with Crippen LogP contribution in [0, 0.1) is 34.5 Å². The fourth-order valence-corrected chi connectivity index (χ4v) is 7.37. The molecule has 0 amide bonds. The molecule has 0 aromatic heterocycles. The first-order valence-electron chi connectivity index (χ1n) is 13.0. The smallest absolute Gasteiger partial charge is 0.196 e. The molecule has 0 spiro atoms. The zero-order chi connectivity index (χ0) is 22.2. The summed E-state index contributed by atoms with van der Waals surface area (Å²) in [6.45, 7) is 14.7. The fraction of sp³-hybridized carbons (Fsp3) is 0.793. The van der Waals surface area contributed by atoms with Crippen LogP contribution in [-0.4, -0.2) is 12.9 Å². The number of benzene rings is 1. The average molecular weight is 427 g/mol. The van der Waals surface area contributed by atoms with E-state index in [0.29, 0.717) is 22.7 Å². The largest absolute Gasteiger partial charge is 0.465 e. The Bertz CT molecular complexity index is 678. The molecule has 3 unspecified atom stereocenters. The zero-order valence-corrected chi connectivity index (χ0v) is 21.0. The first-order chi connectivity index (χ1) is 14.6. The van der Waals surface area contributed by atoms with Crippen molar-refractivity contribution in [2.24, 2.45) is 34.5 Å². The quantitative estimate of drug-likeness (QED) is 0.370. The van der Waals surface area contributed by atoms with Crippen LogP contribution in [0.2, 0.25) is 0 Å². The van der Waals surface area contributed by atoms with Gasteiger partial charge in [0.15, 0.2) is 6.29 Å². The second-order valence-corrected chi connectivity index (χ2v) is 12.7. The summed E-state index contributed by atoms with van der Waals surface area (Å²) >= 11 is 0. The molecule has 0 heterocycles. The van der Waals surface area contributed by atoms with E-state index in [-0.39, 0.29) is 6.29 Å². The summed E-state index contributed by atoms with van der Waals surface area (Å²) in [5, 5.41) is 0. The Hall–Kier alpha value is -1.02. The van der Waals surface area contributed by atoms with E-state index in [2.05, 4.69) is 65.8 Å². The summed E-state index contributed by atoms with van der Waals surface area (Å²) in [6, 6.07) is 8.86. The summed E-state index contributed by atoms with van der Waals surface area (Å²) in [6.07, 6.45) is 10.9. The van der Waals surface area contributed by atoms with Crippen LogP contribution in [0.5, 0.6) is 5.75 Å². The molecule has 4 bridgehead atoms. The third-order valence-corrected chi connectivity index (χ3v) is 8.56. The predicted molar refractivity (Wildman–Crippen MR) is 129 cm³/mol. The van der Waals surface area contributed by atoms with Crippen LogP contribution in [0.25, 0.3) is 0 Å². The Morgan fingerprint density at radius 2 is 1.48 bits per heavy atom. The van der Waals surface area contributed by atoms with Gasteiger partial charge in [0.2, 0.25) is 0 Å². The van der Waals surface area contributed by atoms with Gasteiger partial charge in [0.05, 0.1) is 6.61 Å². The molecule has 0 N–H and O–H groups in total. The summed E-state index contributed by atoms with van der Waals surface area (Å²) < 4.78 is 12.5. The van der Waals surface area contributed by atoms with Crippen molar-refractivity contribution in [3.05, 3.63) is 29.8 Å². The van der Waals surface area contributed by atoms with Crippen LogP contribution in [-0.2, 0) is 4.74 Å². The lowest BCUT2D eigenvalue weighted by Gasteiger charge is -2.56. The average Bonchev–Trinajstić information content (AvgIpc) is 2.69. The highest BCUT2D eigenvalue weighted by atomic mass is 16.7. The minimum Gasteiger partial charge on any atom is -0.465 e. The van der Waals surface area contributed by atoms with Gasteiger partial charge < -0.3 is 9.47 Å². The molecule has 0 radical (unpaired) electrons. The lowest BCUT2D eigenvalue weighted by molar-refractivity contribution is -0.146. The summed E-state index contributed by atoms with van der Waals surface area (Å²) in [5.74, 6) is 5.15. The van der Waals surface area contributed by atoms with Crippen LogP contribution in [0.4, 0.5) is 0 Å². The molecule has 4 aliphatic carbocycles.